The Kier molecular flexibility index (Phi) is 6.84. The Morgan fingerprint density at radius 1 is 0.920 bits per heavy atom. The van der Waals surface area contributed by atoms with E-state index in [1.807, 2.05) is 0 Å². The van der Waals surface area contributed by atoms with Crippen LogP contribution in [0.3, 0.4) is 0 Å². The molecule has 0 saturated heterocycles. The number of hydrogen-bond donors (Lipinski definition) is 1. The van der Waals surface area contributed by atoms with Crippen LogP contribution < -0.4 is 5.32 Å². The maximum Gasteiger partial charge on any atom is 0.0148 e. The van der Waals surface area contributed by atoms with E-state index in [-0.39, 0.29) is 5.41 Å². The van der Waals surface area contributed by atoms with Crippen LogP contribution in [0.4, 0.5) is 0 Å². The maximum absolute atomic E-state index is 3.77. The standard InChI is InChI=1S/C24H35N/c1-7-13-25-22(16-20-11-9-8-10-12-20)17-23-18(2)14-21(15-19(23)3)24(4,5)6/h8-12,14-15,22,25H,7,13,16-17H2,1-6H3. The molecule has 25 heavy (non-hydrogen) atoms. The molecule has 2 rings (SSSR count). The van der Waals surface area contributed by atoms with Crippen molar-refractivity contribution in [1.29, 1.82) is 0 Å². The van der Waals surface area contributed by atoms with Crippen molar-refractivity contribution < 1.29 is 0 Å². The lowest BCUT2D eigenvalue weighted by atomic mass is 9.82. The highest BCUT2D eigenvalue weighted by Gasteiger charge is 2.18. The van der Waals surface area contributed by atoms with E-state index < -0.39 is 0 Å². The Balaban J connectivity index is 2.23. The minimum atomic E-state index is 0.206. The summed E-state index contributed by atoms with van der Waals surface area (Å²) >= 11 is 0. The lowest BCUT2D eigenvalue weighted by molar-refractivity contribution is 0.502. The highest BCUT2D eigenvalue weighted by atomic mass is 14.9. The van der Waals surface area contributed by atoms with E-state index in [9.17, 15) is 0 Å². The molecular weight excluding hydrogens is 302 g/mol. The summed E-state index contributed by atoms with van der Waals surface area (Å²) in [6.07, 6.45) is 3.35. The van der Waals surface area contributed by atoms with Gasteiger partial charge in [0.05, 0.1) is 0 Å². The monoisotopic (exact) mass is 337 g/mol. The van der Waals surface area contributed by atoms with E-state index >= 15 is 0 Å². The minimum Gasteiger partial charge on any atom is -0.313 e. The summed E-state index contributed by atoms with van der Waals surface area (Å²) in [6, 6.07) is 16.1. The average Bonchev–Trinajstić information content (AvgIpc) is 2.55. The van der Waals surface area contributed by atoms with Gasteiger partial charge in [0.2, 0.25) is 0 Å². The van der Waals surface area contributed by atoms with Crippen molar-refractivity contribution >= 4 is 0 Å². The van der Waals surface area contributed by atoms with Crippen LogP contribution in [0.2, 0.25) is 0 Å². The first kappa shape index (κ1) is 19.7. The lowest BCUT2D eigenvalue weighted by Gasteiger charge is -2.25. The fourth-order valence-corrected chi connectivity index (χ4v) is 3.46. The predicted molar refractivity (Wildman–Crippen MR) is 111 cm³/mol. The van der Waals surface area contributed by atoms with Gasteiger partial charge < -0.3 is 5.32 Å². The Morgan fingerprint density at radius 3 is 2.04 bits per heavy atom. The summed E-state index contributed by atoms with van der Waals surface area (Å²) in [4.78, 5) is 0. The van der Waals surface area contributed by atoms with Crippen LogP contribution in [0.25, 0.3) is 0 Å². The highest BCUT2D eigenvalue weighted by Crippen LogP contribution is 2.27. The molecule has 0 aliphatic rings. The van der Waals surface area contributed by atoms with E-state index in [1.54, 1.807) is 0 Å². The summed E-state index contributed by atoms with van der Waals surface area (Å²) in [5.41, 5.74) is 7.43. The van der Waals surface area contributed by atoms with E-state index in [4.69, 9.17) is 0 Å². The number of nitrogens with one attached hydrogen (secondary N) is 1. The van der Waals surface area contributed by atoms with Crippen LogP contribution in [0.1, 0.15) is 61.9 Å². The number of benzene rings is 2. The summed E-state index contributed by atoms with van der Waals surface area (Å²) in [5, 5.41) is 3.77. The summed E-state index contributed by atoms with van der Waals surface area (Å²) in [5.74, 6) is 0. The second-order valence-electron chi connectivity index (χ2n) is 8.38. The Morgan fingerprint density at radius 2 is 1.52 bits per heavy atom. The van der Waals surface area contributed by atoms with E-state index in [1.165, 1.54) is 34.2 Å². The van der Waals surface area contributed by atoms with Gasteiger partial charge in [-0.15, -0.1) is 0 Å². The van der Waals surface area contributed by atoms with Crippen molar-refractivity contribution in [3.8, 4) is 0 Å². The first-order valence-corrected chi connectivity index (χ1v) is 9.69. The Bertz CT molecular complexity index is 641. The molecule has 0 heterocycles. The van der Waals surface area contributed by atoms with Crippen LogP contribution >= 0.6 is 0 Å². The zero-order valence-corrected chi connectivity index (χ0v) is 16.9. The predicted octanol–water partition coefficient (Wildman–Crippen LogP) is 5.75. The molecule has 1 nitrogen and oxygen atoms in total. The number of aryl methyl sites for hydroxylation is 2. The van der Waals surface area contributed by atoms with Gasteiger partial charge in [0, 0.05) is 6.04 Å². The fourth-order valence-electron chi connectivity index (χ4n) is 3.46. The van der Waals surface area contributed by atoms with Gasteiger partial charge >= 0.3 is 0 Å². The van der Waals surface area contributed by atoms with Crippen molar-refractivity contribution in [2.75, 3.05) is 6.54 Å². The second-order valence-corrected chi connectivity index (χ2v) is 8.38. The first-order chi connectivity index (χ1) is 11.8. The van der Waals surface area contributed by atoms with Gasteiger partial charge in [-0.1, -0.05) is 70.2 Å². The van der Waals surface area contributed by atoms with Crippen LogP contribution in [0.5, 0.6) is 0 Å². The Hall–Kier alpha value is -1.60. The van der Waals surface area contributed by atoms with Crippen molar-refractivity contribution in [3.05, 3.63) is 70.3 Å². The van der Waals surface area contributed by atoms with Gasteiger partial charge in [0.1, 0.15) is 0 Å². The molecule has 0 spiro atoms. The molecule has 0 aliphatic carbocycles. The molecule has 0 saturated carbocycles. The molecule has 2 aromatic rings. The largest absolute Gasteiger partial charge is 0.313 e. The van der Waals surface area contributed by atoms with E-state index in [0.717, 1.165) is 19.4 Å². The Labute approximate surface area is 154 Å². The molecule has 0 aromatic heterocycles. The first-order valence-electron chi connectivity index (χ1n) is 9.69. The van der Waals surface area contributed by atoms with Gasteiger partial charge in [-0.3, -0.25) is 0 Å². The summed E-state index contributed by atoms with van der Waals surface area (Å²) in [7, 11) is 0. The van der Waals surface area contributed by atoms with Gasteiger partial charge in [-0.25, -0.2) is 0 Å². The van der Waals surface area contributed by atoms with Crippen LogP contribution in [-0.4, -0.2) is 12.6 Å². The molecule has 0 radical (unpaired) electrons. The van der Waals surface area contributed by atoms with Crippen molar-refractivity contribution in [3.63, 3.8) is 0 Å². The van der Waals surface area contributed by atoms with E-state index in [2.05, 4.69) is 89.3 Å². The quantitative estimate of drug-likeness (QED) is 0.678. The van der Waals surface area contributed by atoms with Gasteiger partial charge in [-0.05, 0) is 72.9 Å². The third-order valence-corrected chi connectivity index (χ3v) is 5.02. The SMILES string of the molecule is CCCNC(Cc1ccccc1)Cc1c(C)cc(C(C)(C)C)cc1C. The molecule has 0 bridgehead atoms. The van der Waals surface area contributed by atoms with Crippen LogP contribution in [0, 0.1) is 13.8 Å². The molecule has 136 valence electrons. The minimum absolute atomic E-state index is 0.206. The van der Waals surface area contributed by atoms with E-state index in [0.29, 0.717) is 6.04 Å². The molecule has 1 atom stereocenters. The molecule has 0 aliphatic heterocycles. The molecule has 1 N–H and O–H groups in total. The maximum atomic E-state index is 3.77. The fraction of sp³-hybridized carbons (Fsp3) is 0.500. The lowest BCUT2D eigenvalue weighted by Crippen LogP contribution is -2.34. The second kappa shape index (κ2) is 8.67. The normalized spacial score (nSPS) is 13.0. The van der Waals surface area contributed by atoms with Gasteiger partial charge in [0.25, 0.3) is 0 Å². The van der Waals surface area contributed by atoms with Crippen molar-refractivity contribution in [1.82, 2.24) is 5.32 Å². The highest BCUT2D eigenvalue weighted by molar-refractivity contribution is 5.41. The van der Waals surface area contributed by atoms with Crippen molar-refractivity contribution in [2.45, 2.75) is 72.3 Å². The van der Waals surface area contributed by atoms with Crippen LogP contribution in [0.15, 0.2) is 42.5 Å². The molecule has 0 amide bonds. The number of hydrogen-bond acceptors (Lipinski definition) is 1. The summed E-state index contributed by atoms with van der Waals surface area (Å²) in [6.45, 7) is 14.7. The third kappa shape index (κ3) is 5.71. The molecular formula is C24H35N. The van der Waals surface area contributed by atoms with Crippen LogP contribution in [-0.2, 0) is 18.3 Å². The third-order valence-electron chi connectivity index (χ3n) is 5.02. The zero-order chi connectivity index (χ0) is 18.4. The number of rotatable bonds is 7. The van der Waals surface area contributed by atoms with Crippen molar-refractivity contribution in [2.24, 2.45) is 0 Å². The summed E-state index contributed by atoms with van der Waals surface area (Å²) < 4.78 is 0. The topological polar surface area (TPSA) is 12.0 Å². The van der Waals surface area contributed by atoms with Gasteiger partial charge in [0.15, 0.2) is 0 Å². The molecule has 1 heteroatoms. The average molecular weight is 338 g/mol. The molecule has 0 fully saturated rings. The smallest absolute Gasteiger partial charge is 0.0148 e. The van der Waals surface area contributed by atoms with Gasteiger partial charge in [-0.2, -0.15) is 0 Å². The molecule has 1 unspecified atom stereocenters. The molecule has 2 aromatic carbocycles. The zero-order valence-electron chi connectivity index (χ0n) is 16.9.